The van der Waals surface area contributed by atoms with Crippen molar-refractivity contribution in [3.8, 4) is 17.2 Å². The maximum absolute atomic E-state index is 12.1. The summed E-state index contributed by atoms with van der Waals surface area (Å²) in [7, 11) is 3.15. The Morgan fingerprint density at radius 3 is 2.54 bits per heavy atom. The van der Waals surface area contributed by atoms with E-state index in [1.54, 1.807) is 32.4 Å². The number of carbonyl (C=O) groups excluding carboxylic acids is 1. The maximum Gasteiger partial charge on any atom is 0.319 e. The van der Waals surface area contributed by atoms with E-state index in [0.29, 0.717) is 36.1 Å². The van der Waals surface area contributed by atoms with Crippen molar-refractivity contribution >= 4 is 11.7 Å². The Morgan fingerprint density at radius 2 is 1.85 bits per heavy atom. The van der Waals surface area contributed by atoms with Crippen molar-refractivity contribution in [2.24, 2.45) is 0 Å². The van der Waals surface area contributed by atoms with Gasteiger partial charge in [-0.2, -0.15) is 0 Å². The van der Waals surface area contributed by atoms with Crippen molar-refractivity contribution in [2.45, 2.75) is 13.5 Å². The Kier molecular flexibility index (Phi) is 6.91. The van der Waals surface area contributed by atoms with Crippen LogP contribution >= 0.6 is 0 Å². The zero-order valence-corrected chi connectivity index (χ0v) is 15.3. The molecule has 2 aromatic carbocycles. The highest BCUT2D eigenvalue weighted by molar-refractivity contribution is 5.89. The SMILES string of the molecule is C=C(C)COc1cccc(NC(=O)NCc2ccc(OC)c(OC)c2)c1. The van der Waals surface area contributed by atoms with Crippen LogP contribution in [0.1, 0.15) is 12.5 Å². The predicted molar refractivity (Wildman–Crippen MR) is 102 cm³/mol. The van der Waals surface area contributed by atoms with Gasteiger partial charge in [0.1, 0.15) is 12.4 Å². The van der Waals surface area contributed by atoms with Crippen molar-refractivity contribution in [3.05, 3.63) is 60.2 Å². The summed E-state index contributed by atoms with van der Waals surface area (Å²) in [6, 6.07) is 12.4. The molecule has 0 aliphatic carbocycles. The second kappa shape index (κ2) is 9.36. The molecule has 0 unspecified atom stereocenters. The summed E-state index contributed by atoms with van der Waals surface area (Å²) in [4.78, 5) is 12.1. The Labute approximate surface area is 153 Å². The summed E-state index contributed by atoms with van der Waals surface area (Å²) >= 11 is 0. The van der Waals surface area contributed by atoms with Crippen LogP contribution in [0, 0.1) is 0 Å². The van der Waals surface area contributed by atoms with Gasteiger partial charge in [0, 0.05) is 18.3 Å². The number of ether oxygens (including phenoxy) is 3. The molecule has 0 atom stereocenters. The minimum atomic E-state index is -0.308. The van der Waals surface area contributed by atoms with Gasteiger partial charge in [-0.1, -0.05) is 18.7 Å². The number of rotatable bonds is 8. The molecule has 0 spiro atoms. The number of urea groups is 1. The van der Waals surface area contributed by atoms with Crippen LogP contribution in [0.5, 0.6) is 17.2 Å². The summed E-state index contributed by atoms with van der Waals surface area (Å²) in [5.41, 5.74) is 2.47. The monoisotopic (exact) mass is 356 g/mol. The Bertz CT molecular complexity index is 774. The van der Waals surface area contributed by atoms with Gasteiger partial charge in [0.25, 0.3) is 0 Å². The van der Waals surface area contributed by atoms with Gasteiger partial charge in [0.05, 0.1) is 14.2 Å². The number of methoxy groups -OCH3 is 2. The smallest absolute Gasteiger partial charge is 0.319 e. The highest BCUT2D eigenvalue weighted by Gasteiger charge is 2.07. The van der Waals surface area contributed by atoms with Gasteiger partial charge in [-0.15, -0.1) is 0 Å². The lowest BCUT2D eigenvalue weighted by atomic mass is 10.2. The first-order chi connectivity index (χ1) is 12.5. The van der Waals surface area contributed by atoms with E-state index in [0.717, 1.165) is 11.1 Å². The molecular formula is C20H24N2O4. The molecule has 26 heavy (non-hydrogen) atoms. The molecular weight excluding hydrogens is 332 g/mol. The number of anilines is 1. The second-order valence-corrected chi connectivity index (χ2v) is 5.77. The molecule has 0 radical (unpaired) electrons. The summed E-state index contributed by atoms with van der Waals surface area (Å²) in [5, 5.41) is 5.59. The van der Waals surface area contributed by atoms with Gasteiger partial charge in [-0.3, -0.25) is 0 Å². The predicted octanol–water partition coefficient (Wildman–Crippen LogP) is 3.98. The number of benzene rings is 2. The molecule has 0 aliphatic heterocycles. The van der Waals surface area contributed by atoms with E-state index in [4.69, 9.17) is 14.2 Å². The van der Waals surface area contributed by atoms with Crippen molar-refractivity contribution in [3.63, 3.8) is 0 Å². The molecule has 6 nitrogen and oxygen atoms in total. The fraction of sp³-hybridized carbons (Fsp3) is 0.250. The van der Waals surface area contributed by atoms with Crippen LogP contribution in [0.4, 0.5) is 10.5 Å². The van der Waals surface area contributed by atoms with Crippen molar-refractivity contribution < 1.29 is 19.0 Å². The Balaban J connectivity index is 1.91. The van der Waals surface area contributed by atoms with Crippen molar-refractivity contribution in [1.29, 1.82) is 0 Å². The maximum atomic E-state index is 12.1. The first-order valence-corrected chi connectivity index (χ1v) is 8.15. The molecule has 0 saturated heterocycles. The number of hydrogen-bond acceptors (Lipinski definition) is 4. The third-order valence-electron chi connectivity index (χ3n) is 3.48. The summed E-state index contributed by atoms with van der Waals surface area (Å²) in [6.45, 7) is 6.49. The zero-order chi connectivity index (χ0) is 18.9. The average molecular weight is 356 g/mol. The van der Waals surface area contributed by atoms with Crippen LogP contribution < -0.4 is 24.8 Å². The fourth-order valence-corrected chi connectivity index (χ4v) is 2.22. The number of amides is 2. The van der Waals surface area contributed by atoms with E-state index in [2.05, 4.69) is 17.2 Å². The molecule has 0 fully saturated rings. The van der Waals surface area contributed by atoms with Crippen LogP contribution in [0.2, 0.25) is 0 Å². The lowest BCUT2D eigenvalue weighted by Crippen LogP contribution is -2.28. The molecule has 2 aromatic rings. The molecule has 2 rings (SSSR count). The van der Waals surface area contributed by atoms with E-state index < -0.39 is 0 Å². The fourth-order valence-electron chi connectivity index (χ4n) is 2.22. The molecule has 0 saturated carbocycles. The van der Waals surface area contributed by atoms with Gasteiger partial charge in [0.15, 0.2) is 11.5 Å². The quantitative estimate of drug-likeness (QED) is 0.702. The van der Waals surface area contributed by atoms with Crippen LogP contribution in [0.3, 0.4) is 0 Å². The van der Waals surface area contributed by atoms with E-state index in [1.165, 1.54) is 0 Å². The Hall–Kier alpha value is -3.15. The molecule has 0 aromatic heterocycles. The molecule has 2 amide bonds. The highest BCUT2D eigenvalue weighted by atomic mass is 16.5. The first-order valence-electron chi connectivity index (χ1n) is 8.15. The molecule has 2 N–H and O–H groups in total. The zero-order valence-electron chi connectivity index (χ0n) is 15.3. The van der Waals surface area contributed by atoms with E-state index in [1.807, 2.05) is 31.2 Å². The van der Waals surface area contributed by atoms with Gasteiger partial charge in [-0.25, -0.2) is 4.79 Å². The van der Waals surface area contributed by atoms with Crippen LogP contribution in [0.25, 0.3) is 0 Å². The average Bonchev–Trinajstić information content (AvgIpc) is 2.64. The molecule has 138 valence electrons. The molecule has 0 aliphatic rings. The van der Waals surface area contributed by atoms with E-state index >= 15 is 0 Å². The van der Waals surface area contributed by atoms with Gasteiger partial charge in [-0.05, 0) is 42.3 Å². The lowest BCUT2D eigenvalue weighted by Gasteiger charge is -2.12. The topological polar surface area (TPSA) is 68.8 Å². The van der Waals surface area contributed by atoms with Gasteiger partial charge < -0.3 is 24.8 Å². The number of hydrogen-bond donors (Lipinski definition) is 2. The molecule has 6 heteroatoms. The first kappa shape index (κ1) is 19.2. The Morgan fingerprint density at radius 1 is 1.08 bits per heavy atom. The highest BCUT2D eigenvalue weighted by Crippen LogP contribution is 2.27. The third-order valence-corrected chi connectivity index (χ3v) is 3.48. The number of nitrogens with one attached hydrogen (secondary N) is 2. The molecule has 0 heterocycles. The normalized spacial score (nSPS) is 9.96. The third kappa shape index (κ3) is 5.73. The second-order valence-electron chi connectivity index (χ2n) is 5.77. The molecule has 0 bridgehead atoms. The largest absolute Gasteiger partial charge is 0.493 e. The van der Waals surface area contributed by atoms with Crippen molar-refractivity contribution in [1.82, 2.24) is 5.32 Å². The van der Waals surface area contributed by atoms with E-state index in [-0.39, 0.29) is 6.03 Å². The number of carbonyl (C=O) groups is 1. The van der Waals surface area contributed by atoms with Crippen LogP contribution in [0.15, 0.2) is 54.6 Å². The minimum absolute atomic E-state index is 0.308. The summed E-state index contributed by atoms with van der Waals surface area (Å²) < 4.78 is 16.0. The minimum Gasteiger partial charge on any atom is -0.493 e. The van der Waals surface area contributed by atoms with Crippen LogP contribution in [-0.2, 0) is 6.54 Å². The standard InChI is InChI=1S/C20H24N2O4/c1-14(2)13-26-17-7-5-6-16(11-17)22-20(23)21-12-15-8-9-18(24-3)19(10-15)25-4/h5-11H,1,12-13H2,2-4H3,(H2,21,22,23). The lowest BCUT2D eigenvalue weighted by molar-refractivity contribution is 0.251. The van der Waals surface area contributed by atoms with Crippen LogP contribution in [-0.4, -0.2) is 26.9 Å². The van der Waals surface area contributed by atoms with Gasteiger partial charge >= 0.3 is 6.03 Å². The summed E-state index contributed by atoms with van der Waals surface area (Å²) in [6.07, 6.45) is 0. The van der Waals surface area contributed by atoms with E-state index in [9.17, 15) is 4.79 Å². The van der Waals surface area contributed by atoms with Gasteiger partial charge in [0.2, 0.25) is 0 Å². The summed E-state index contributed by atoms with van der Waals surface area (Å²) in [5.74, 6) is 1.94. The van der Waals surface area contributed by atoms with Crippen molar-refractivity contribution in [2.75, 3.05) is 26.1 Å².